The molecule has 0 aromatic heterocycles. The van der Waals surface area contributed by atoms with E-state index in [2.05, 4.69) is 15.8 Å². The van der Waals surface area contributed by atoms with Gasteiger partial charge >= 0.3 is 11.8 Å². The standard InChI is InChI=1S/C26H25Cl2N3O4/c1-15-8-9-16(2)22(12-15)29-25(32)26(33)31-30-17(3)18-10-11-23(24(13-18)34-4)35-14-19-20(27)6-5-7-21(19)28/h5-13H,14H2,1-4H3,(H,29,32)(H,31,33)/b30-17+. The molecule has 0 heterocycles. The lowest BCUT2D eigenvalue weighted by Crippen LogP contribution is -2.33. The number of amides is 2. The van der Waals surface area contributed by atoms with Gasteiger partial charge in [-0.3, -0.25) is 9.59 Å². The molecule has 0 saturated heterocycles. The maximum atomic E-state index is 12.3. The van der Waals surface area contributed by atoms with Crippen molar-refractivity contribution < 1.29 is 19.1 Å². The van der Waals surface area contributed by atoms with Crippen molar-refractivity contribution in [2.75, 3.05) is 12.4 Å². The summed E-state index contributed by atoms with van der Waals surface area (Å²) < 4.78 is 11.3. The second kappa shape index (κ2) is 11.7. The highest BCUT2D eigenvalue weighted by molar-refractivity contribution is 6.39. The monoisotopic (exact) mass is 513 g/mol. The van der Waals surface area contributed by atoms with Crippen LogP contribution in [-0.4, -0.2) is 24.6 Å². The van der Waals surface area contributed by atoms with Crippen molar-refractivity contribution in [3.8, 4) is 11.5 Å². The number of carbonyl (C=O) groups is 2. The van der Waals surface area contributed by atoms with Crippen LogP contribution in [0.3, 0.4) is 0 Å². The number of rotatable bonds is 7. The number of hydrazone groups is 1. The molecule has 0 aliphatic carbocycles. The third-order valence-corrected chi connectivity index (χ3v) is 5.90. The molecule has 0 aliphatic heterocycles. The highest BCUT2D eigenvalue weighted by Crippen LogP contribution is 2.31. The molecule has 2 N–H and O–H groups in total. The Hall–Kier alpha value is -3.55. The largest absolute Gasteiger partial charge is 0.493 e. The predicted octanol–water partition coefficient (Wildman–Crippen LogP) is 5.68. The van der Waals surface area contributed by atoms with Crippen molar-refractivity contribution in [3.05, 3.63) is 86.9 Å². The minimum Gasteiger partial charge on any atom is -0.493 e. The van der Waals surface area contributed by atoms with Gasteiger partial charge in [-0.2, -0.15) is 5.10 Å². The van der Waals surface area contributed by atoms with Gasteiger partial charge in [0.1, 0.15) is 6.61 Å². The van der Waals surface area contributed by atoms with Crippen LogP contribution in [0.15, 0.2) is 59.7 Å². The second-order valence-corrected chi connectivity index (χ2v) is 8.58. The molecule has 0 fully saturated rings. The maximum absolute atomic E-state index is 12.3. The van der Waals surface area contributed by atoms with Gasteiger partial charge in [0.15, 0.2) is 11.5 Å². The number of aryl methyl sites for hydroxylation is 2. The summed E-state index contributed by atoms with van der Waals surface area (Å²) in [6.45, 7) is 5.60. The lowest BCUT2D eigenvalue weighted by molar-refractivity contribution is -0.136. The number of hydrogen-bond donors (Lipinski definition) is 2. The minimum absolute atomic E-state index is 0.160. The zero-order chi connectivity index (χ0) is 25.5. The number of nitrogens with one attached hydrogen (secondary N) is 2. The molecule has 0 radical (unpaired) electrons. The summed E-state index contributed by atoms with van der Waals surface area (Å²) in [6.07, 6.45) is 0. The van der Waals surface area contributed by atoms with Crippen LogP contribution < -0.4 is 20.2 Å². The molecule has 0 aliphatic rings. The average molecular weight is 514 g/mol. The Morgan fingerprint density at radius 1 is 0.943 bits per heavy atom. The molecule has 0 saturated carbocycles. The summed E-state index contributed by atoms with van der Waals surface area (Å²) in [7, 11) is 1.51. The van der Waals surface area contributed by atoms with Crippen molar-refractivity contribution in [2.24, 2.45) is 5.10 Å². The fourth-order valence-corrected chi connectivity index (χ4v) is 3.64. The Morgan fingerprint density at radius 2 is 1.66 bits per heavy atom. The number of hydrogen-bond acceptors (Lipinski definition) is 5. The van der Waals surface area contributed by atoms with Gasteiger partial charge in [0, 0.05) is 26.9 Å². The number of benzene rings is 3. The summed E-state index contributed by atoms with van der Waals surface area (Å²) in [5, 5.41) is 7.66. The molecular weight excluding hydrogens is 489 g/mol. The summed E-state index contributed by atoms with van der Waals surface area (Å²) >= 11 is 12.4. The zero-order valence-electron chi connectivity index (χ0n) is 19.7. The van der Waals surface area contributed by atoms with E-state index in [-0.39, 0.29) is 6.61 Å². The smallest absolute Gasteiger partial charge is 0.329 e. The molecule has 35 heavy (non-hydrogen) atoms. The van der Waals surface area contributed by atoms with E-state index in [0.717, 1.165) is 11.1 Å². The minimum atomic E-state index is -0.881. The van der Waals surface area contributed by atoms with Gasteiger partial charge in [-0.05, 0) is 68.3 Å². The number of nitrogens with zero attached hydrogens (tertiary/aromatic N) is 1. The first-order valence-corrected chi connectivity index (χ1v) is 11.4. The molecule has 9 heteroatoms. The SMILES string of the molecule is COc1cc(/C(C)=N/NC(=O)C(=O)Nc2cc(C)ccc2C)ccc1OCc1c(Cl)cccc1Cl. The number of anilines is 1. The Balaban J connectivity index is 1.66. The lowest BCUT2D eigenvalue weighted by Gasteiger charge is -2.14. The van der Waals surface area contributed by atoms with Crippen LogP contribution in [0.2, 0.25) is 10.0 Å². The quantitative estimate of drug-likeness (QED) is 0.241. The number of carbonyl (C=O) groups excluding carboxylic acids is 2. The average Bonchev–Trinajstić information content (AvgIpc) is 2.84. The Labute approximate surface area is 214 Å². The Morgan fingerprint density at radius 3 is 2.34 bits per heavy atom. The van der Waals surface area contributed by atoms with Gasteiger partial charge in [0.25, 0.3) is 0 Å². The van der Waals surface area contributed by atoms with Crippen molar-refractivity contribution in [1.82, 2.24) is 5.43 Å². The third kappa shape index (κ3) is 6.74. The van der Waals surface area contributed by atoms with Gasteiger partial charge in [-0.1, -0.05) is 41.4 Å². The first kappa shape index (κ1) is 26.1. The van der Waals surface area contributed by atoms with Gasteiger partial charge < -0.3 is 14.8 Å². The first-order valence-electron chi connectivity index (χ1n) is 10.7. The van der Waals surface area contributed by atoms with Crippen molar-refractivity contribution in [2.45, 2.75) is 27.4 Å². The van der Waals surface area contributed by atoms with Crippen molar-refractivity contribution >= 4 is 46.4 Å². The van der Waals surface area contributed by atoms with Crippen LogP contribution in [0.1, 0.15) is 29.2 Å². The van der Waals surface area contributed by atoms with E-state index in [9.17, 15) is 9.59 Å². The van der Waals surface area contributed by atoms with E-state index in [1.165, 1.54) is 7.11 Å². The van der Waals surface area contributed by atoms with Crippen LogP contribution in [0.5, 0.6) is 11.5 Å². The van der Waals surface area contributed by atoms with Crippen LogP contribution >= 0.6 is 23.2 Å². The molecule has 182 valence electrons. The number of ether oxygens (including phenoxy) is 2. The maximum Gasteiger partial charge on any atom is 0.329 e. The van der Waals surface area contributed by atoms with E-state index < -0.39 is 11.8 Å². The van der Waals surface area contributed by atoms with Gasteiger partial charge in [0.05, 0.1) is 12.8 Å². The highest BCUT2D eigenvalue weighted by Gasteiger charge is 2.15. The van der Waals surface area contributed by atoms with Gasteiger partial charge in [-0.25, -0.2) is 5.43 Å². The zero-order valence-corrected chi connectivity index (χ0v) is 21.3. The molecule has 7 nitrogen and oxygen atoms in total. The second-order valence-electron chi connectivity index (χ2n) is 7.77. The van der Waals surface area contributed by atoms with Crippen LogP contribution in [0.4, 0.5) is 5.69 Å². The van der Waals surface area contributed by atoms with E-state index in [4.69, 9.17) is 32.7 Å². The molecule has 2 amide bonds. The fraction of sp³-hybridized carbons (Fsp3) is 0.192. The van der Waals surface area contributed by atoms with Crippen LogP contribution in [0, 0.1) is 13.8 Å². The van der Waals surface area contributed by atoms with Crippen LogP contribution in [-0.2, 0) is 16.2 Å². The molecule has 0 atom stereocenters. The van der Waals surface area contributed by atoms with Crippen molar-refractivity contribution in [1.29, 1.82) is 0 Å². The molecule has 0 unspecified atom stereocenters. The molecular formula is C26H25Cl2N3O4. The summed E-state index contributed by atoms with van der Waals surface area (Å²) in [5.74, 6) is -0.750. The Kier molecular flexibility index (Phi) is 8.73. The van der Waals surface area contributed by atoms with E-state index >= 15 is 0 Å². The molecule has 3 rings (SSSR count). The number of halogens is 2. The lowest BCUT2D eigenvalue weighted by atomic mass is 10.1. The number of methoxy groups -OCH3 is 1. The predicted molar refractivity (Wildman–Crippen MR) is 139 cm³/mol. The Bertz CT molecular complexity index is 1270. The molecule has 0 bridgehead atoms. The molecule has 3 aromatic carbocycles. The third-order valence-electron chi connectivity index (χ3n) is 5.19. The summed E-state index contributed by atoms with van der Waals surface area (Å²) in [6, 6.07) is 16.0. The normalized spacial score (nSPS) is 11.1. The van der Waals surface area contributed by atoms with E-state index in [1.807, 2.05) is 26.0 Å². The summed E-state index contributed by atoms with van der Waals surface area (Å²) in [4.78, 5) is 24.5. The fourth-order valence-electron chi connectivity index (χ4n) is 3.13. The van der Waals surface area contributed by atoms with Crippen molar-refractivity contribution in [3.63, 3.8) is 0 Å². The van der Waals surface area contributed by atoms with Crippen LogP contribution in [0.25, 0.3) is 0 Å². The van der Waals surface area contributed by atoms with Gasteiger partial charge in [0.2, 0.25) is 0 Å². The van der Waals surface area contributed by atoms with E-state index in [1.54, 1.807) is 49.4 Å². The van der Waals surface area contributed by atoms with Gasteiger partial charge in [-0.15, -0.1) is 0 Å². The topological polar surface area (TPSA) is 89.0 Å². The summed E-state index contributed by atoms with van der Waals surface area (Å²) in [5.41, 5.74) is 6.48. The van der Waals surface area contributed by atoms with E-state index in [0.29, 0.717) is 44.1 Å². The highest BCUT2D eigenvalue weighted by atomic mass is 35.5. The molecule has 0 spiro atoms. The molecule has 3 aromatic rings. The first-order chi connectivity index (χ1) is 16.7.